The summed E-state index contributed by atoms with van der Waals surface area (Å²) >= 11 is 3.35. The smallest absolute Gasteiger partial charge is 0.106 e. The summed E-state index contributed by atoms with van der Waals surface area (Å²) in [4.78, 5) is 4.18. The lowest BCUT2D eigenvalue weighted by atomic mass is 10.2. The number of aryl methyl sites for hydroxylation is 1. The van der Waals surface area contributed by atoms with Crippen LogP contribution in [0.25, 0.3) is 10.9 Å². The van der Waals surface area contributed by atoms with Crippen molar-refractivity contribution >= 4 is 26.8 Å². The molecule has 2 rings (SSSR count). The first-order valence-corrected chi connectivity index (χ1v) is 6.23. The number of halogens is 1. The van der Waals surface area contributed by atoms with Gasteiger partial charge in [-0.25, -0.2) is 4.98 Å². The largest absolute Gasteiger partial charge is 0.395 e. The van der Waals surface area contributed by atoms with Gasteiger partial charge in [-0.1, -0.05) is 13.8 Å². The molecule has 0 aliphatic rings. The Balaban J connectivity index is 0.000000606. The summed E-state index contributed by atoms with van der Waals surface area (Å²) in [6.07, 6.45) is 3.86. The summed E-state index contributed by atoms with van der Waals surface area (Å²) in [6.45, 7) is 6.83. The zero-order chi connectivity index (χ0) is 12.1. The highest BCUT2D eigenvalue weighted by Gasteiger charge is 2.05. The van der Waals surface area contributed by atoms with Crippen molar-refractivity contribution in [2.75, 3.05) is 6.61 Å². The van der Waals surface area contributed by atoms with E-state index in [1.54, 1.807) is 0 Å². The highest BCUT2D eigenvalue weighted by atomic mass is 79.9. The Morgan fingerprint density at radius 2 is 2.12 bits per heavy atom. The van der Waals surface area contributed by atoms with Crippen molar-refractivity contribution in [1.29, 1.82) is 0 Å². The number of rotatable bonds is 2. The molecule has 0 aromatic carbocycles. The molecule has 0 atom stereocenters. The van der Waals surface area contributed by atoms with Crippen LogP contribution in [0, 0.1) is 6.92 Å². The third-order valence-electron chi connectivity index (χ3n) is 2.27. The maximum Gasteiger partial charge on any atom is 0.106 e. The van der Waals surface area contributed by atoms with Crippen molar-refractivity contribution in [3.8, 4) is 0 Å². The first-order chi connectivity index (χ1) is 7.72. The van der Waals surface area contributed by atoms with Crippen LogP contribution < -0.4 is 0 Å². The fourth-order valence-corrected chi connectivity index (χ4v) is 1.96. The zero-order valence-corrected chi connectivity index (χ0v) is 11.5. The Hall–Kier alpha value is -0.870. The van der Waals surface area contributed by atoms with Gasteiger partial charge in [0.2, 0.25) is 0 Å². The average Bonchev–Trinajstić information content (AvgIpc) is 2.59. The molecule has 3 nitrogen and oxygen atoms in total. The molecule has 0 radical (unpaired) electrons. The standard InChI is InChI=1S/C10H11BrN2O.C2H6/c1-7-6-13(2-3-14)9-5-12-10(11)4-8(7)9;1-2/h4-6,14H,2-3H2,1H3;1-2H3. The second kappa shape index (κ2) is 6.01. The van der Waals surface area contributed by atoms with Gasteiger partial charge in [0.05, 0.1) is 18.3 Å². The van der Waals surface area contributed by atoms with E-state index in [1.807, 2.05) is 36.9 Å². The summed E-state index contributed by atoms with van der Waals surface area (Å²) in [5.74, 6) is 0. The van der Waals surface area contributed by atoms with Gasteiger partial charge >= 0.3 is 0 Å². The van der Waals surface area contributed by atoms with Crippen LogP contribution in [-0.4, -0.2) is 21.3 Å². The topological polar surface area (TPSA) is 38.0 Å². The monoisotopic (exact) mass is 284 g/mol. The van der Waals surface area contributed by atoms with E-state index in [-0.39, 0.29) is 6.61 Å². The van der Waals surface area contributed by atoms with Gasteiger partial charge < -0.3 is 9.67 Å². The minimum absolute atomic E-state index is 0.152. The molecular formula is C12H17BrN2O. The molecule has 2 aromatic rings. The van der Waals surface area contributed by atoms with E-state index < -0.39 is 0 Å². The molecule has 0 unspecified atom stereocenters. The number of nitrogens with zero attached hydrogens (tertiary/aromatic N) is 2. The number of aliphatic hydroxyl groups excluding tert-OH is 1. The number of hydrogen-bond acceptors (Lipinski definition) is 2. The quantitative estimate of drug-likeness (QED) is 0.861. The van der Waals surface area contributed by atoms with Gasteiger partial charge in [-0.15, -0.1) is 0 Å². The molecule has 0 bridgehead atoms. The summed E-state index contributed by atoms with van der Waals surface area (Å²) in [7, 11) is 0. The average molecular weight is 285 g/mol. The van der Waals surface area contributed by atoms with E-state index in [9.17, 15) is 0 Å². The van der Waals surface area contributed by atoms with Crippen molar-refractivity contribution in [3.05, 3.63) is 28.6 Å². The Morgan fingerprint density at radius 1 is 1.44 bits per heavy atom. The molecule has 0 aliphatic heterocycles. The van der Waals surface area contributed by atoms with Crippen molar-refractivity contribution in [1.82, 2.24) is 9.55 Å². The minimum Gasteiger partial charge on any atom is -0.395 e. The van der Waals surface area contributed by atoms with Crippen LogP contribution in [0.3, 0.4) is 0 Å². The molecule has 0 saturated heterocycles. The predicted octanol–water partition coefficient (Wildman–Crippen LogP) is 3.13. The van der Waals surface area contributed by atoms with E-state index >= 15 is 0 Å². The van der Waals surface area contributed by atoms with Gasteiger partial charge in [-0.2, -0.15) is 0 Å². The fourth-order valence-electron chi connectivity index (χ4n) is 1.63. The van der Waals surface area contributed by atoms with E-state index in [4.69, 9.17) is 5.11 Å². The van der Waals surface area contributed by atoms with Gasteiger partial charge in [0, 0.05) is 18.1 Å². The summed E-state index contributed by atoms with van der Waals surface area (Å²) < 4.78 is 2.86. The maximum atomic E-state index is 8.89. The van der Waals surface area contributed by atoms with E-state index in [1.165, 1.54) is 10.9 Å². The van der Waals surface area contributed by atoms with Crippen LogP contribution in [0.1, 0.15) is 19.4 Å². The van der Waals surface area contributed by atoms with Crippen molar-refractivity contribution in [2.45, 2.75) is 27.3 Å². The van der Waals surface area contributed by atoms with Crippen LogP contribution in [0.5, 0.6) is 0 Å². The van der Waals surface area contributed by atoms with Crippen LogP contribution in [0.4, 0.5) is 0 Å². The van der Waals surface area contributed by atoms with Crippen molar-refractivity contribution in [3.63, 3.8) is 0 Å². The summed E-state index contributed by atoms with van der Waals surface area (Å²) in [5.41, 5.74) is 2.27. The van der Waals surface area contributed by atoms with Gasteiger partial charge in [0.15, 0.2) is 0 Å². The number of aliphatic hydroxyl groups is 1. The van der Waals surface area contributed by atoms with Crippen LogP contribution in [-0.2, 0) is 6.54 Å². The van der Waals surface area contributed by atoms with Crippen LogP contribution in [0.15, 0.2) is 23.1 Å². The number of hydrogen-bond donors (Lipinski definition) is 1. The van der Waals surface area contributed by atoms with Crippen molar-refractivity contribution in [2.24, 2.45) is 0 Å². The molecular weight excluding hydrogens is 268 g/mol. The molecule has 16 heavy (non-hydrogen) atoms. The Morgan fingerprint density at radius 3 is 2.75 bits per heavy atom. The van der Waals surface area contributed by atoms with Gasteiger partial charge in [-0.05, 0) is 34.5 Å². The second-order valence-corrected chi connectivity index (χ2v) is 4.07. The number of fused-ring (bicyclic) bond motifs is 1. The molecule has 0 amide bonds. The predicted molar refractivity (Wildman–Crippen MR) is 70.6 cm³/mol. The highest BCUT2D eigenvalue weighted by Crippen LogP contribution is 2.22. The molecule has 0 spiro atoms. The molecule has 0 saturated carbocycles. The molecule has 2 aromatic heterocycles. The first kappa shape index (κ1) is 13.2. The zero-order valence-electron chi connectivity index (χ0n) is 9.87. The summed E-state index contributed by atoms with van der Waals surface area (Å²) in [5, 5.41) is 10.1. The third kappa shape index (κ3) is 2.62. The molecule has 88 valence electrons. The molecule has 1 N–H and O–H groups in total. The summed E-state index contributed by atoms with van der Waals surface area (Å²) in [6, 6.07) is 2.00. The van der Waals surface area contributed by atoms with Crippen molar-refractivity contribution < 1.29 is 5.11 Å². The first-order valence-electron chi connectivity index (χ1n) is 5.44. The van der Waals surface area contributed by atoms with E-state index in [0.29, 0.717) is 6.54 Å². The Bertz CT molecular complexity index is 465. The lowest BCUT2D eigenvalue weighted by Gasteiger charge is -2.01. The Kier molecular flexibility index (Phi) is 4.96. The SMILES string of the molecule is CC.Cc1cn(CCO)c2cnc(Br)cc12. The van der Waals surface area contributed by atoms with Gasteiger partial charge in [0.25, 0.3) is 0 Å². The van der Waals surface area contributed by atoms with Gasteiger partial charge in [0.1, 0.15) is 4.60 Å². The van der Waals surface area contributed by atoms with E-state index in [2.05, 4.69) is 27.8 Å². The molecule has 2 heterocycles. The van der Waals surface area contributed by atoms with Crippen LogP contribution >= 0.6 is 15.9 Å². The maximum absolute atomic E-state index is 8.89. The number of pyridine rings is 1. The van der Waals surface area contributed by atoms with E-state index in [0.717, 1.165) is 10.1 Å². The Labute approximate surface area is 104 Å². The van der Waals surface area contributed by atoms with Crippen LogP contribution in [0.2, 0.25) is 0 Å². The third-order valence-corrected chi connectivity index (χ3v) is 2.71. The second-order valence-electron chi connectivity index (χ2n) is 3.25. The van der Waals surface area contributed by atoms with Gasteiger partial charge in [-0.3, -0.25) is 0 Å². The normalized spacial score (nSPS) is 10.1. The number of aromatic nitrogens is 2. The fraction of sp³-hybridized carbons (Fsp3) is 0.417. The molecule has 0 aliphatic carbocycles. The molecule has 0 fully saturated rings. The lowest BCUT2D eigenvalue weighted by molar-refractivity contribution is 0.278. The minimum atomic E-state index is 0.152. The molecule has 4 heteroatoms. The highest BCUT2D eigenvalue weighted by molar-refractivity contribution is 9.10. The lowest BCUT2D eigenvalue weighted by Crippen LogP contribution is -1.99.